The molecule has 0 aliphatic carbocycles. The SMILES string of the molecule is CC(Oc1ccc(Br)cc1C#N)C(=O)c1ccc(F)cc1. The van der Waals surface area contributed by atoms with Crippen molar-refractivity contribution >= 4 is 21.7 Å². The number of Topliss-reactive ketones (excluding diaryl/α,β-unsaturated/α-hetero) is 1. The van der Waals surface area contributed by atoms with Crippen molar-refractivity contribution in [3.8, 4) is 11.8 Å². The maximum Gasteiger partial charge on any atom is 0.202 e. The maximum atomic E-state index is 12.9. The lowest BCUT2D eigenvalue weighted by molar-refractivity contribution is 0.0817. The molecule has 0 N–H and O–H groups in total. The van der Waals surface area contributed by atoms with Gasteiger partial charge in [-0.2, -0.15) is 5.26 Å². The van der Waals surface area contributed by atoms with Crippen LogP contribution in [0.2, 0.25) is 0 Å². The minimum atomic E-state index is -0.774. The van der Waals surface area contributed by atoms with Gasteiger partial charge < -0.3 is 4.74 Å². The van der Waals surface area contributed by atoms with Crippen molar-refractivity contribution in [2.45, 2.75) is 13.0 Å². The predicted octanol–water partition coefficient (Wildman–Crippen LogP) is 4.11. The van der Waals surface area contributed by atoms with Gasteiger partial charge in [-0.1, -0.05) is 15.9 Å². The minimum Gasteiger partial charge on any atom is -0.481 e. The van der Waals surface area contributed by atoms with E-state index in [1.54, 1.807) is 25.1 Å². The van der Waals surface area contributed by atoms with Crippen LogP contribution in [0.1, 0.15) is 22.8 Å². The number of carbonyl (C=O) groups excluding carboxylic acids is 1. The Bertz CT molecular complexity index is 707. The largest absolute Gasteiger partial charge is 0.481 e. The number of ether oxygens (including phenoxy) is 1. The summed E-state index contributed by atoms with van der Waals surface area (Å²) in [5.74, 6) is -0.342. The van der Waals surface area contributed by atoms with Crippen molar-refractivity contribution in [2.24, 2.45) is 0 Å². The Morgan fingerprint density at radius 3 is 2.57 bits per heavy atom. The van der Waals surface area contributed by atoms with Gasteiger partial charge >= 0.3 is 0 Å². The molecular weight excluding hydrogens is 337 g/mol. The van der Waals surface area contributed by atoms with Crippen LogP contribution < -0.4 is 4.74 Å². The Morgan fingerprint density at radius 2 is 1.95 bits per heavy atom. The summed E-state index contributed by atoms with van der Waals surface area (Å²) in [6, 6.07) is 12.2. The number of nitrogens with zero attached hydrogens (tertiary/aromatic N) is 1. The van der Waals surface area contributed by atoms with Crippen LogP contribution in [0.15, 0.2) is 46.9 Å². The molecule has 0 spiro atoms. The molecular formula is C16H11BrFNO2. The Kier molecular flexibility index (Phi) is 4.71. The van der Waals surface area contributed by atoms with Crippen molar-refractivity contribution in [1.29, 1.82) is 5.26 Å². The van der Waals surface area contributed by atoms with E-state index < -0.39 is 11.9 Å². The molecule has 0 aliphatic rings. The molecule has 3 nitrogen and oxygen atoms in total. The van der Waals surface area contributed by atoms with E-state index in [0.29, 0.717) is 16.9 Å². The molecule has 0 radical (unpaired) electrons. The summed E-state index contributed by atoms with van der Waals surface area (Å²) in [7, 11) is 0. The second-order valence-corrected chi connectivity index (χ2v) is 5.30. The number of benzene rings is 2. The smallest absolute Gasteiger partial charge is 0.202 e. The first-order valence-electron chi connectivity index (χ1n) is 6.17. The molecule has 0 aromatic heterocycles. The predicted molar refractivity (Wildman–Crippen MR) is 79.7 cm³/mol. The molecule has 1 unspecified atom stereocenters. The molecule has 2 aromatic rings. The van der Waals surface area contributed by atoms with Crippen LogP contribution in [-0.4, -0.2) is 11.9 Å². The monoisotopic (exact) mass is 347 g/mol. The first kappa shape index (κ1) is 15.2. The fourth-order valence-corrected chi connectivity index (χ4v) is 2.15. The normalized spacial score (nSPS) is 11.5. The summed E-state index contributed by atoms with van der Waals surface area (Å²) >= 11 is 3.27. The molecule has 2 aromatic carbocycles. The van der Waals surface area contributed by atoms with Crippen LogP contribution in [0.4, 0.5) is 4.39 Å². The van der Waals surface area contributed by atoms with Gasteiger partial charge in [0, 0.05) is 10.0 Å². The van der Waals surface area contributed by atoms with Crippen LogP contribution in [0.25, 0.3) is 0 Å². The van der Waals surface area contributed by atoms with Crippen molar-refractivity contribution in [1.82, 2.24) is 0 Å². The van der Waals surface area contributed by atoms with Gasteiger partial charge in [-0.25, -0.2) is 4.39 Å². The molecule has 21 heavy (non-hydrogen) atoms. The Hall–Kier alpha value is -2.19. The number of hydrogen-bond donors (Lipinski definition) is 0. The summed E-state index contributed by atoms with van der Waals surface area (Å²) in [6.07, 6.45) is -0.774. The average Bonchev–Trinajstić information content (AvgIpc) is 2.49. The van der Waals surface area contributed by atoms with Gasteiger partial charge in [0.15, 0.2) is 6.10 Å². The van der Waals surface area contributed by atoms with Gasteiger partial charge in [0.1, 0.15) is 17.6 Å². The summed E-state index contributed by atoms with van der Waals surface area (Å²) in [5.41, 5.74) is 0.697. The molecule has 1 atom stereocenters. The van der Waals surface area contributed by atoms with E-state index in [4.69, 9.17) is 10.00 Å². The highest BCUT2D eigenvalue weighted by Crippen LogP contribution is 2.24. The average molecular weight is 348 g/mol. The standard InChI is InChI=1S/C16H11BrFNO2/c1-10(16(20)11-2-5-14(18)6-3-11)21-15-7-4-13(17)8-12(15)9-19/h2-8,10H,1H3. The molecule has 5 heteroatoms. The fourth-order valence-electron chi connectivity index (χ4n) is 1.79. The van der Waals surface area contributed by atoms with Gasteiger partial charge in [0.25, 0.3) is 0 Å². The zero-order chi connectivity index (χ0) is 15.4. The lowest BCUT2D eigenvalue weighted by atomic mass is 10.1. The van der Waals surface area contributed by atoms with Gasteiger partial charge in [-0.3, -0.25) is 4.79 Å². The second kappa shape index (κ2) is 6.51. The van der Waals surface area contributed by atoms with E-state index in [-0.39, 0.29) is 5.78 Å². The number of carbonyl (C=O) groups is 1. The van der Waals surface area contributed by atoms with Crippen molar-refractivity contribution < 1.29 is 13.9 Å². The van der Waals surface area contributed by atoms with Gasteiger partial charge in [-0.15, -0.1) is 0 Å². The first-order valence-corrected chi connectivity index (χ1v) is 6.96. The molecule has 0 bridgehead atoms. The molecule has 0 fully saturated rings. The Labute approximate surface area is 130 Å². The van der Waals surface area contributed by atoms with E-state index >= 15 is 0 Å². The topological polar surface area (TPSA) is 50.1 Å². The highest BCUT2D eigenvalue weighted by Gasteiger charge is 2.18. The lowest BCUT2D eigenvalue weighted by Crippen LogP contribution is -2.24. The third-order valence-corrected chi connectivity index (χ3v) is 3.36. The molecule has 0 saturated carbocycles. The number of nitriles is 1. The Morgan fingerprint density at radius 1 is 1.29 bits per heavy atom. The zero-order valence-electron chi connectivity index (χ0n) is 11.1. The van der Waals surface area contributed by atoms with E-state index in [1.807, 2.05) is 6.07 Å². The highest BCUT2D eigenvalue weighted by molar-refractivity contribution is 9.10. The highest BCUT2D eigenvalue weighted by atomic mass is 79.9. The van der Waals surface area contributed by atoms with Gasteiger partial charge in [0.05, 0.1) is 5.56 Å². The maximum absolute atomic E-state index is 12.9. The fraction of sp³-hybridized carbons (Fsp3) is 0.125. The molecule has 2 rings (SSSR count). The Balaban J connectivity index is 2.18. The molecule has 0 saturated heterocycles. The molecule has 106 valence electrons. The van der Waals surface area contributed by atoms with E-state index in [9.17, 15) is 9.18 Å². The molecule has 0 amide bonds. The zero-order valence-corrected chi connectivity index (χ0v) is 12.7. The second-order valence-electron chi connectivity index (χ2n) is 4.38. The quantitative estimate of drug-likeness (QED) is 0.782. The summed E-state index contributed by atoms with van der Waals surface area (Å²) in [6.45, 7) is 1.59. The number of ketones is 1. The third-order valence-electron chi connectivity index (χ3n) is 2.86. The van der Waals surface area contributed by atoms with Crippen LogP contribution in [0, 0.1) is 17.1 Å². The summed E-state index contributed by atoms with van der Waals surface area (Å²) in [5, 5.41) is 9.06. The van der Waals surface area contributed by atoms with Gasteiger partial charge in [0.2, 0.25) is 5.78 Å². The molecule has 0 aliphatic heterocycles. The third kappa shape index (κ3) is 3.67. The van der Waals surface area contributed by atoms with E-state index in [0.717, 1.165) is 4.47 Å². The van der Waals surface area contributed by atoms with E-state index in [1.165, 1.54) is 24.3 Å². The van der Waals surface area contributed by atoms with Gasteiger partial charge in [-0.05, 0) is 49.4 Å². The van der Waals surface area contributed by atoms with Crippen molar-refractivity contribution in [3.63, 3.8) is 0 Å². The van der Waals surface area contributed by atoms with E-state index in [2.05, 4.69) is 15.9 Å². The first-order chi connectivity index (χ1) is 10.0. The number of halogens is 2. The van der Waals surface area contributed by atoms with Crippen molar-refractivity contribution in [2.75, 3.05) is 0 Å². The van der Waals surface area contributed by atoms with Crippen molar-refractivity contribution in [3.05, 3.63) is 63.9 Å². The minimum absolute atomic E-state index is 0.276. The summed E-state index contributed by atoms with van der Waals surface area (Å²) < 4.78 is 19.2. The lowest BCUT2D eigenvalue weighted by Gasteiger charge is -2.15. The van der Waals surface area contributed by atoms with Crippen LogP contribution in [-0.2, 0) is 0 Å². The number of hydrogen-bond acceptors (Lipinski definition) is 3. The van der Waals surface area contributed by atoms with Crippen LogP contribution in [0.5, 0.6) is 5.75 Å². The number of rotatable bonds is 4. The summed E-state index contributed by atoms with van der Waals surface area (Å²) in [4.78, 5) is 12.2. The van der Waals surface area contributed by atoms with Crippen LogP contribution >= 0.6 is 15.9 Å². The van der Waals surface area contributed by atoms with Crippen LogP contribution in [0.3, 0.4) is 0 Å². The molecule has 0 heterocycles.